The molecule has 0 aromatic heterocycles. The number of hydrogen-bond donors (Lipinski definition) is 1. The van der Waals surface area contributed by atoms with E-state index < -0.39 is 8.32 Å². The molecular formula is C13H26O2Si. The van der Waals surface area contributed by atoms with Gasteiger partial charge in [-0.15, -0.1) is 0 Å². The highest BCUT2D eigenvalue weighted by molar-refractivity contribution is 6.74. The van der Waals surface area contributed by atoms with Gasteiger partial charge in [0, 0.05) is 6.42 Å². The van der Waals surface area contributed by atoms with Gasteiger partial charge in [-0.3, -0.25) is 0 Å². The number of aliphatic hydroxyl groups is 1. The van der Waals surface area contributed by atoms with Crippen molar-refractivity contribution >= 4 is 8.32 Å². The van der Waals surface area contributed by atoms with E-state index in [0.29, 0.717) is 0 Å². The summed E-state index contributed by atoms with van der Waals surface area (Å²) in [5.74, 6) is 0. The van der Waals surface area contributed by atoms with Gasteiger partial charge in [0.15, 0.2) is 8.32 Å². The Balaban J connectivity index is 2.63. The van der Waals surface area contributed by atoms with E-state index in [1.54, 1.807) is 0 Å². The maximum atomic E-state index is 9.81. The van der Waals surface area contributed by atoms with Crippen LogP contribution in [0, 0.1) is 0 Å². The Morgan fingerprint density at radius 1 is 1.38 bits per heavy atom. The van der Waals surface area contributed by atoms with Gasteiger partial charge in [-0.2, -0.15) is 0 Å². The quantitative estimate of drug-likeness (QED) is 0.593. The highest BCUT2D eigenvalue weighted by Crippen LogP contribution is 2.38. The van der Waals surface area contributed by atoms with Crippen LogP contribution in [0.25, 0.3) is 0 Å². The predicted molar refractivity (Wildman–Crippen MR) is 71.1 cm³/mol. The van der Waals surface area contributed by atoms with Crippen LogP contribution in [-0.2, 0) is 4.43 Å². The minimum absolute atomic E-state index is 0.208. The van der Waals surface area contributed by atoms with Crippen molar-refractivity contribution in [3.8, 4) is 0 Å². The predicted octanol–water partition coefficient (Wildman–Crippen LogP) is 3.48. The molecule has 0 heterocycles. The van der Waals surface area contributed by atoms with Gasteiger partial charge in [0.25, 0.3) is 0 Å². The Labute approximate surface area is 101 Å². The van der Waals surface area contributed by atoms with Crippen molar-refractivity contribution < 1.29 is 9.53 Å². The molecule has 0 aromatic carbocycles. The Morgan fingerprint density at radius 2 is 1.94 bits per heavy atom. The first-order valence-electron chi connectivity index (χ1n) is 6.16. The summed E-state index contributed by atoms with van der Waals surface area (Å²) in [7, 11) is -1.68. The van der Waals surface area contributed by atoms with E-state index in [1.165, 1.54) is 0 Å². The molecule has 16 heavy (non-hydrogen) atoms. The largest absolute Gasteiger partial charge is 0.414 e. The van der Waals surface area contributed by atoms with Gasteiger partial charge in [0.05, 0.1) is 12.2 Å². The van der Waals surface area contributed by atoms with Crippen molar-refractivity contribution in [2.24, 2.45) is 0 Å². The summed E-state index contributed by atoms with van der Waals surface area (Å²) >= 11 is 0. The molecule has 3 heteroatoms. The Morgan fingerprint density at radius 3 is 2.38 bits per heavy atom. The van der Waals surface area contributed by atoms with Gasteiger partial charge in [0.1, 0.15) is 0 Å². The van der Waals surface area contributed by atoms with Gasteiger partial charge >= 0.3 is 0 Å². The Hall–Kier alpha value is -0.123. The second-order valence-corrected chi connectivity index (χ2v) is 11.2. The lowest BCUT2D eigenvalue weighted by Crippen LogP contribution is -2.45. The van der Waals surface area contributed by atoms with Gasteiger partial charge in [-0.05, 0) is 37.0 Å². The maximum Gasteiger partial charge on any atom is 0.192 e. The van der Waals surface area contributed by atoms with Crippen LogP contribution in [0.4, 0.5) is 0 Å². The van der Waals surface area contributed by atoms with Gasteiger partial charge in [-0.1, -0.05) is 26.8 Å². The summed E-state index contributed by atoms with van der Waals surface area (Å²) in [5.41, 5.74) is 1.09. The van der Waals surface area contributed by atoms with Gasteiger partial charge in [0.2, 0.25) is 0 Å². The minimum Gasteiger partial charge on any atom is -0.414 e. The number of hydrogen-bond acceptors (Lipinski definition) is 2. The van der Waals surface area contributed by atoms with Crippen LogP contribution in [0.5, 0.6) is 0 Å². The molecular weight excluding hydrogens is 216 g/mol. The lowest BCUT2D eigenvalue weighted by atomic mass is 9.96. The topological polar surface area (TPSA) is 29.5 Å². The fourth-order valence-corrected chi connectivity index (χ4v) is 3.05. The standard InChI is InChI=1S/C13H26O2Si/c1-10-7-8-11(9-12(10)14)15-16(5,6)13(2,3)4/h7,11-12,14H,8-9H2,1-6H3/t11-,12?/m0/s1. The second kappa shape index (κ2) is 4.63. The van der Waals surface area contributed by atoms with E-state index in [9.17, 15) is 5.11 Å². The molecule has 0 amide bonds. The van der Waals surface area contributed by atoms with Crippen molar-refractivity contribution in [3.63, 3.8) is 0 Å². The van der Waals surface area contributed by atoms with Gasteiger partial charge < -0.3 is 9.53 Å². The molecule has 94 valence electrons. The van der Waals surface area contributed by atoms with Crippen LogP contribution < -0.4 is 0 Å². The highest BCUT2D eigenvalue weighted by Gasteiger charge is 2.39. The first kappa shape index (κ1) is 13.9. The summed E-state index contributed by atoms with van der Waals surface area (Å²) < 4.78 is 6.30. The fourth-order valence-electron chi connectivity index (χ4n) is 1.67. The van der Waals surface area contributed by atoms with Crippen molar-refractivity contribution in [1.82, 2.24) is 0 Å². The first-order chi connectivity index (χ1) is 7.13. The molecule has 0 spiro atoms. The smallest absolute Gasteiger partial charge is 0.192 e. The molecule has 0 radical (unpaired) electrons. The number of rotatable bonds is 2. The molecule has 0 bridgehead atoms. The van der Waals surface area contributed by atoms with Crippen molar-refractivity contribution in [3.05, 3.63) is 11.6 Å². The van der Waals surface area contributed by atoms with E-state index in [4.69, 9.17) is 4.43 Å². The van der Waals surface area contributed by atoms with Crippen LogP contribution >= 0.6 is 0 Å². The van der Waals surface area contributed by atoms with E-state index in [-0.39, 0.29) is 17.2 Å². The van der Waals surface area contributed by atoms with E-state index in [2.05, 4.69) is 39.9 Å². The van der Waals surface area contributed by atoms with Crippen LogP contribution in [0.15, 0.2) is 11.6 Å². The molecule has 0 fully saturated rings. The second-order valence-electron chi connectivity index (χ2n) is 6.44. The summed E-state index contributed by atoms with van der Waals surface area (Å²) in [6.45, 7) is 13.3. The van der Waals surface area contributed by atoms with Crippen molar-refractivity contribution in [2.75, 3.05) is 0 Å². The average molecular weight is 242 g/mol. The third-order valence-electron chi connectivity index (χ3n) is 3.98. The lowest BCUT2D eigenvalue weighted by molar-refractivity contribution is 0.0965. The highest BCUT2D eigenvalue weighted by atomic mass is 28.4. The molecule has 0 saturated carbocycles. The summed E-state index contributed by atoms with van der Waals surface area (Å²) in [6, 6.07) is 0. The summed E-state index contributed by atoms with van der Waals surface area (Å²) in [6.07, 6.45) is 3.74. The monoisotopic (exact) mass is 242 g/mol. The van der Waals surface area contributed by atoms with E-state index >= 15 is 0 Å². The SMILES string of the molecule is CC1=CC[C@H](O[Si](C)(C)C(C)(C)C)CC1O. The molecule has 0 aliphatic heterocycles. The third-order valence-corrected chi connectivity index (χ3v) is 8.52. The zero-order valence-corrected chi connectivity index (χ0v) is 12.5. The van der Waals surface area contributed by atoms with Crippen LogP contribution in [0.1, 0.15) is 40.5 Å². The van der Waals surface area contributed by atoms with E-state index in [0.717, 1.165) is 18.4 Å². The zero-order valence-electron chi connectivity index (χ0n) is 11.5. The van der Waals surface area contributed by atoms with Crippen LogP contribution in [0.2, 0.25) is 18.1 Å². The molecule has 0 saturated heterocycles. The molecule has 1 unspecified atom stereocenters. The molecule has 1 N–H and O–H groups in total. The molecule has 2 nitrogen and oxygen atoms in total. The van der Waals surface area contributed by atoms with Crippen LogP contribution in [0.3, 0.4) is 0 Å². The van der Waals surface area contributed by atoms with Crippen molar-refractivity contribution in [1.29, 1.82) is 0 Å². The fraction of sp³-hybridized carbons (Fsp3) is 0.846. The van der Waals surface area contributed by atoms with Crippen LogP contribution in [-0.4, -0.2) is 25.6 Å². The summed E-state index contributed by atoms with van der Waals surface area (Å²) in [5, 5.41) is 10.1. The Kier molecular flexibility index (Phi) is 4.03. The van der Waals surface area contributed by atoms with E-state index in [1.807, 2.05) is 6.92 Å². The number of aliphatic hydroxyl groups excluding tert-OH is 1. The summed E-state index contributed by atoms with van der Waals surface area (Å²) in [4.78, 5) is 0. The average Bonchev–Trinajstić information content (AvgIpc) is 2.09. The minimum atomic E-state index is -1.68. The van der Waals surface area contributed by atoms with Crippen molar-refractivity contribution in [2.45, 2.75) is 70.9 Å². The first-order valence-corrected chi connectivity index (χ1v) is 9.07. The normalized spacial score (nSPS) is 27.8. The molecule has 2 atom stereocenters. The third kappa shape index (κ3) is 3.19. The molecule has 1 aliphatic rings. The lowest BCUT2D eigenvalue weighted by Gasteiger charge is -2.40. The maximum absolute atomic E-state index is 9.81. The van der Waals surface area contributed by atoms with Gasteiger partial charge in [-0.25, -0.2) is 0 Å². The zero-order chi connectivity index (χ0) is 12.6. The molecule has 1 aliphatic carbocycles. The molecule has 1 rings (SSSR count). The molecule has 0 aromatic rings. The Bertz CT molecular complexity index is 276.